The number of aryl methyl sites for hydroxylation is 1. The van der Waals surface area contributed by atoms with Crippen LogP contribution in [0.2, 0.25) is 0 Å². The first-order valence-corrected chi connectivity index (χ1v) is 9.27. The molecule has 29 heavy (non-hydrogen) atoms. The van der Waals surface area contributed by atoms with Crippen LogP contribution >= 0.6 is 0 Å². The SMILES string of the molecule is CNC(=O)c1ccc(CN(C)Cc2nc(N)nc(Nc3ccccc3C)n2)cc1. The summed E-state index contributed by atoms with van der Waals surface area (Å²) in [5.41, 5.74) is 9.61. The Hall–Kier alpha value is -3.52. The number of anilines is 3. The van der Waals surface area contributed by atoms with Crippen molar-refractivity contribution < 1.29 is 4.79 Å². The summed E-state index contributed by atoms with van der Waals surface area (Å²) in [4.78, 5) is 26.6. The van der Waals surface area contributed by atoms with E-state index in [1.54, 1.807) is 7.05 Å². The molecule has 0 unspecified atom stereocenters. The molecule has 0 saturated carbocycles. The quantitative estimate of drug-likeness (QED) is 0.568. The Kier molecular flexibility index (Phi) is 6.36. The zero-order valence-corrected chi connectivity index (χ0v) is 16.8. The molecule has 0 spiro atoms. The molecule has 0 atom stereocenters. The molecule has 0 bridgehead atoms. The number of rotatable bonds is 7. The highest BCUT2D eigenvalue weighted by molar-refractivity contribution is 5.93. The smallest absolute Gasteiger partial charge is 0.251 e. The monoisotopic (exact) mass is 391 g/mol. The lowest BCUT2D eigenvalue weighted by atomic mass is 10.1. The lowest BCUT2D eigenvalue weighted by Crippen LogP contribution is -2.20. The Labute approximate surface area is 170 Å². The molecular formula is C21H25N7O. The van der Waals surface area contributed by atoms with Crippen LogP contribution in [-0.2, 0) is 13.1 Å². The average molecular weight is 391 g/mol. The van der Waals surface area contributed by atoms with E-state index in [1.807, 2.05) is 62.5 Å². The molecule has 3 rings (SSSR count). The van der Waals surface area contributed by atoms with Crippen molar-refractivity contribution in [1.29, 1.82) is 0 Å². The van der Waals surface area contributed by atoms with Crippen LogP contribution in [0.1, 0.15) is 27.3 Å². The van der Waals surface area contributed by atoms with Crippen molar-refractivity contribution in [2.45, 2.75) is 20.0 Å². The number of nitrogen functional groups attached to an aromatic ring is 1. The number of benzene rings is 2. The molecule has 4 N–H and O–H groups in total. The first-order valence-electron chi connectivity index (χ1n) is 9.27. The maximum Gasteiger partial charge on any atom is 0.251 e. The van der Waals surface area contributed by atoms with E-state index in [9.17, 15) is 4.79 Å². The molecule has 0 aliphatic carbocycles. The summed E-state index contributed by atoms with van der Waals surface area (Å²) in [6, 6.07) is 15.4. The Balaban J connectivity index is 1.67. The molecule has 8 heteroatoms. The molecule has 1 heterocycles. The predicted octanol–water partition coefficient (Wildman–Crippen LogP) is 2.50. The van der Waals surface area contributed by atoms with E-state index in [0.29, 0.717) is 30.4 Å². The fraction of sp³-hybridized carbons (Fsp3) is 0.238. The van der Waals surface area contributed by atoms with Crippen LogP contribution in [0, 0.1) is 6.92 Å². The first kappa shape index (κ1) is 20.2. The van der Waals surface area contributed by atoms with E-state index in [2.05, 4.69) is 30.5 Å². The Bertz CT molecular complexity index is 989. The summed E-state index contributed by atoms with van der Waals surface area (Å²) in [6.45, 7) is 3.20. The molecular weight excluding hydrogens is 366 g/mol. The van der Waals surface area contributed by atoms with Crippen molar-refractivity contribution in [1.82, 2.24) is 25.2 Å². The second kappa shape index (κ2) is 9.11. The van der Waals surface area contributed by atoms with Gasteiger partial charge < -0.3 is 16.4 Å². The zero-order chi connectivity index (χ0) is 20.8. The summed E-state index contributed by atoms with van der Waals surface area (Å²) in [7, 11) is 3.59. The van der Waals surface area contributed by atoms with Gasteiger partial charge in [0.1, 0.15) is 5.82 Å². The fourth-order valence-corrected chi connectivity index (χ4v) is 2.91. The van der Waals surface area contributed by atoms with Crippen molar-refractivity contribution in [2.24, 2.45) is 0 Å². The molecule has 0 saturated heterocycles. The highest BCUT2D eigenvalue weighted by Crippen LogP contribution is 2.18. The van der Waals surface area contributed by atoms with Crippen LogP contribution in [0.5, 0.6) is 0 Å². The van der Waals surface area contributed by atoms with Crippen LogP contribution in [-0.4, -0.2) is 39.9 Å². The Morgan fingerprint density at radius 1 is 1.03 bits per heavy atom. The van der Waals surface area contributed by atoms with E-state index in [-0.39, 0.29) is 11.9 Å². The van der Waals surface area contributed by atoms with Crippen LogP contribution in [0.25, 0.3) is 0 Å². The number of nitrogens with two attached hydrogens (primary N) is 1. The third-order valence-electron chi connectivity index (χ3n) is 4.40. The average Bonchev–Trinajstić information content (AvgIpc) is 2.69. The minimum atomic E-state index is -0.0979. The van der Waals surface area contributed by atoms with E-state index in [0.717, 1.165) is 16.8 Å². The number of carbonyl (C=O) groups is 1. The summed E-state index contributed by atoms with van der Waals surface area (Å²) < 4.78 is 0. The van der Waals surface area contributed by atoms with Crippen LogP contribution in [0.4, 0.5) is 17.6 Å². The summed E-state index contributed by atoms with van der Waals surface area (Å²) in [5, 5.41) is 5.82. The minimum Gasteiger partial charge on any atom is -0.368 e. The molecule has 1 amide bonds. The van der Waals surface area contributed by atoms with Crippen molar-refractivity contribution in [3.63, 3.8) is 0 Å². The molecule has 0 radical (unpaired) electrons. The van der Waals surface area contributed by atoms with Gasteiger partial charge in [-0.3, -0.25) is 9.69 Å². The highest BCUT2D eigenvalue weighted by Gasteiger charge is 2.10. The van der Waals surface area contributed by atoms with Gasteiger partial charge in [0.05, 0.1) is 6.54 Å². The zero-order valence-electron chi connectivity index (χ0n) is 16.8. The van der Waals surface area contributed by atoms with Crippen molar-refractivity contribution in [3.05, 3.63) is 71.0 Å². The largest absolute Gasteiger partial charge is 0.368 e. The van der Waals surface area contributed by atoms with Gasteiger partial charge in [-0.05, 0) is 43.3 Å². The third-order valence-corrected chi connectivity index (χ3v) is 4.40. The van der Waals surface area contributed by atoms with Gasteiger partial charge in [0.15, 0.2) is 0 Å². The van der Waals surface area contributed by atoms with Gasteiger partial charge >= 0.3 is 0 Å². The number of nitrogens with one attached hydrogen (secondary N) is 2. The minimum absolute atomic E-state index is 0.0979. The molecule has 2 aromatic carbocycles. The summed E-state index contributed by atoms with van der Waals surface area (Å²) in [5.74, 6) is 1.08. The van der Waals surface area contributed by atoms with Gasteiger partial charge in [-0.2, -0.15) is 15.0 Å². The second-order valence-electron chi connectivity index (χ2n) is 6.82. The van der Waals surface area contributed by atoms with Gasteiger partial charge in [0.2, 0.25) is 11.9 Å². The molecule has 0 fully saturated rings. The molecule has 150 valence electrons. The maximum atomic E-state index is 11.6. The van der Waals surface area contributed by atoms with Crippen molar-refractivity contribution in [3.8, 4) is 0 Å². The summed E-state index contributed by atoms with van der Waals surface area (Å²) >= 11 is 0. The third kappa shape index (κ3) is 5.49. The molecule has 0 aliphatic rings. The Morgan fingerprint density at radius 3 is 2.45 bits per heavy atom. The topological polar surface area (TPSA) is 109 Å². The number of hydrogen-bond donors (Lipinski definition) is 3. The van der Waals surface area contributed by atoms with Gasteiger partial charge in [0, 0.05) is 24.8 Å². The lowest BCUT2D eigenvalue weighted by molar-refractivity contribution is 0.0963. The molecule has 1 aromatic heterocycles. The summed E-state index contributed by atoms with van der Waals surface area (Å²) in [6.07, 6.45) is 0. The number of nitrogens with zero attached hydrogens (tertiary/aromatic N) is 4. The van der Waals surface area contributed by atoms with Gasteiger partial charge in [-0.15, -0.1) is 0 Å². The normalized spacial score (nSPS) is 10.8. The van der Waals surface area contributed by atoms with Crippen molar-refractivity contribution in [2.75, 3.05) is 25.1 Å². The van der Waals surface area contributed by atoms with Crippen LogP contribution < -0.4 is 16.4 Å². The first-order chi connectivity index (χ1) is 13.9. The van der Waals surface area contributed by atoms with Crippen LogP contribution in [0.3, 0.4) is 0 Å². The Morgan fingerprint density at radius 2 is 1.76 bits per heavy atom. The van der Waals surface area contributed by atoms with E-state index in [1.165, 1.54) is 0 Å². The number of hydrogen-bond acceptors (Lipinski definition) is 7. The van der Waals surface area contributed by atoms with Crippen LogP contribution in [0.15, 0.2) is 48.5 Å². The number of amides is 1. The fourth-order valence-electron chi connectivity index (χ4n) is 2.91. The van der Waals surface area contributed by atoms with E-state index in [4.69, 9.17) is 5.73 Å². The van der Waals surface area contributed by atoms with Crippen molar-refractivity contribution >= 4 is 23.5 Å². The standard InChI is InChI=1S/C21H25N7O/c1-14-6-4-5-7-17(14)24-21-26-18(25-20(22)27-21)13-28(3)12-15-8-10-16(11-9-15)19(29)23-2/h4-11H,12-13H2,1-3H3,(H,23,29)(H3,22,24,25,26,27). The molecule has 3 aromatic rings. The second-order valence-corrected chi connectivity index (χ2v) is 6.82. The van der Waals surface area contributed by atoms with Gasteiger partial charge in [-0.25, -0.2) is 0 Å². The number of carbonyl (C=O) groups excluding carboxylic acids is 1. The lowest BCUT2D eigenvalue weighted by Gasteiger charge is -2.17. The number of aromatic nitrogens is 3. The number of para-hydroxylation sites is 1. The van der Waals surface area contributed by atoms with E-state index < -0.39 is 0 Å². The molecule has 8 nitrogen and oxygen atoms in total. The predicted molar refractivity (Wildman–Crippen MR) is 114 cm³/mol. The maximum absolute atomic E-state index is 11.6. The van der Waals surface area contributed by atoms with Gasteiger partial charge in [0.25, 0.3) is 5.91 Å². The van der Waals surface area contributed by atoms with E-state index >= 15 is 0 Å². The highest BCUT2D eigenvalue weighted by atomic mass is 16.1. The van der Waals surface area contributed by atoms with Gasteiger partial charge in [-0.1, -0.05) is 30.3 Å². The molecule has 0 aliphatic heterocycles.